The van der Waals surface area contributed by atoms with Crippen molar-refractivity contribution in [3.05, 3.63) is 95.8 Å². The summed E-state index contributed by atoms with van der Waals surface area (Å²) in [5.74, 6) is -4.44. The molecule has 35 heavy (non-hydrogen) atoms. The Kier molecular flexibility index (Phi) is 5.36. The molecule has 0 spiro atoms. The summed E-state index contributed by atoms with van der Waals surface area (Å²) >= 11 is 0. The average molecular weight is 497 g/mol. The number of halogens is 3. The van der Waals surface area contributed by atoms with Gasteiger partial charge in [-0.3, -0.25) is 14.6 Å². The molecule has 3 heterocycles. The third kappa shape index (κ3) is 4.04. The number of anilines is 1. The van der Waals surface area contributed by atoms with Gasteiger partial charge in [-0.15, -0.1) is 0 Å². The Bertz CT molecular complexity index is 1700. The normalized spacial score (nSPS) is 11.6. The van der Waals surface area contributed by atoms with Crippen LogP contribution in [0.4, 0.5) is 18.9 Å². The zero-order valence-corrected chi connectivity index (χ0v) is 18.3. The molecule has 0 aliphatic rings. The van der Waals surface area contributed by atoms with Gasteiger partial charge in [0.2, 0.25) is 5.78 Å². The van der Waals surface area contributed by atoms with Crippen LogP contribution in [-0.2, 0) is 10.0 Å². The van der Waals surface area contributed by atoms with Crippen molar-refractivity contribution in [3.63, 3.8) is 0 Å². The van der Waals surface area contributed by atoms with Gasteiger partial charge in [-0.25, -0.2) is 26.6 Å². The van der Waals surface area contributed by atoms with Crippen molar-refractivity contribution < 1.29 is 26.4 Å². The van der Waals surface area contributed by atoms with E-state index >= 15 is 4.39 Å². The molecule has 2 aromatic carbocycles. The topological polar surface area (TPSA) is 121 Å². The molecule has 0 bridgehead atoms. The smallest absolute Gasteiger partial charge is 0.262 e. The minimum Gasteiger partial charge on any atom is -0.345 e. The second-order valence-electron chi connectivity index (χ2n) is 7.49. The summed E-state index contributed by atoms with van der Waals surface area (Å²) in [6.07, 6.45) is 5.97. The first-order valence-corrected chi connectivity index (χ1v) is 11.5. The first-order valence-electron chi connectivity index (χ1n) is 10.0. The molecule has 0 radical (unpaired) electrons. The van der Waals surface area contributed by atoms with Gasteiger partial charge < -0.3 is 4.98 Å². The summed E-state index contributed by atoms with van der Waals surface area (Å²) in [5.41, 5.74) is -0.0946. The quantitative estimate of drug-likeness (QED) is 0.300. The van der Waals surface area contributed by atoms with E-state index in [-0.39, 0.29) is 5.56 Å². The minimum absolute atomic E-state index is 0.0687. The zero-order valence-electron chi connectivity index (χ0n) is 17.5. The number of hydrogen-bond acceptors (Lipinski definition) is 5. The summed E-state index contributed by atoms with van der Waals surface area (Å²) in [6.45, 7) is 0. The molecule has 3 N–H and O–H groups in total. The molecule has 0 fully saturated rings. The number of H-pyrrole nitrogens is 2. The van der Waals surface area contributed by atoms with Crippen LogP contribution in [0.3, 0.4) is 0 Å². The van der Waals surface area contributed by atoms with E-state index in [9.17, 15) is 22.0 Å². The summed E-state index contributed by atoms with van der Waals surface area (Å²) in [6, 6.07) is 7.28. The van der Waals surface area contributed by atoms with E-state index in [0.717, 1.165) is 30.3 Å². The largest absolute Gasteiger partial charge is 0.345 e. The van der Waals surface area contributed by atoms with Gasteiger partial charge in [-0.05, 0) is 36.4 Å². The number of hydrogen-bond donors (Lipinski definition) is 3. The predicted octanol–water partition coefficient (Wildman–Crippen LogP) is 4.40. The number of nitrogens with one attached hydrogen (secondary N) is 3. The van der Waals surface area contributed by atoms with Crippen LogP contribution < -0.4 is 4.72 Å². The lowest BCUT2D eigenvalue weighted by Crippen LogP contribution is -2.16. The lowest BCUT2D eigenvalue weighted by Gasteiger charge is -2.12. The van der Waals surface area contributed by atoms with Crippen LogP contribution in [0.5, 0.6) is 0 Å². The highest BCUT2D eigenvalue weighted by Gasteiger charge is 2.26. The average Bonchev–Trinajstić information content (AvgIpc) is 3.51. The van der Waals surface area contributed by atoms with Crippen LogP contribution in [0, 0.1) is 17.5 Å². The van der Waals surface area contributed by atoms with Crippen molar-refractivity contribution in [1.29, 1.82) is 0 Å². The molecular formula is C23H14F3N5O3S. The van der Waals surface area contributed by atoms with Crippen molar-refractivity contribution in [3.8, 4) is 11.1 Å². The van der Waals surface area contributed by atoms with Gasteiger partial charge in [0.1, 0.15) is 17.3 Å². The fourth-order valence-electron chi connectivity index (χ4n) is 3.57. The van der Waals surface area contributed by atoms with Crippen molar-refractivity contribution in [1.82, 2.24) is 20.2 Å². The van der Waals surface area contributed by atoms with Crippen LogP contribution in [0.25, 0.3) is 22.2 Å². The van der Waals surface area contributed by atoms with Crippen LogP contribution in [0.2, 0.25) is 0 Å². The van der Waals surface area contributed by atoms with E-state index in [1.165, 1.54) is 12.3 Å². The zero-order chi connectivity index (χ0) is 24.7. The highest BCUT2D eigenvalue weighted by Crippen LogP contribution is 2.30. The molecule has 5 rings (SSSR count). The highest BCUT2D eigenvalue weighted by atomic mass is 32.2. The van der Waals surface area contributed by atoms with E-state index in [1.807, 2.05) is 4.72 Å². The van der Waals surface area contributed by atoms with E-state index in [1.54, 1.807) is 24.7 Å². The number of sulfonamides is 1. The third-order valence-corrected chi connectivity index (χ3v) is 6.64. The molecule has 0 saturated heterocycles. The first kappa shape index (κ1) is 22.3. The lowest BCUT2D eigenvalue weighted by molar-refractivity contribution is 0.103. The summed E-state index contributed by atoms with van der Waals surface area (Å²) in [5, 5.41) is 6.82. The highest BCUT2D eigenvalue weighted by molar-refractivity contribution is 7.92. The predicted molar refractivity (Wildman–Crippen MR) is 121 cm³/mol. The van der Waals surface area contributed by atoms with E-state index in [4.69, 9.17) is 0 Å². The number of rotatable bonds is 6. The summed E-state index contributed by atoms with van der Waals surface area (Å²) in [4.78, 5) is 19.8. The number of pyridine rings is 1. The Labute approximate surface area is 195 Å². The molecule has 0 amide bonds. The maximum atomic E-state index is 15.3. The van der Waals surface area contributed by atoms with E-state index in [2.05, 4.69) is 20.2 Å². The third-order valence-electron chi connectivity index (χ3n) is 5.28. The molecule has 8 nitrogen and oxygen atoms in total. The number of carbonyl (C=O) groups is 1. The van der Waals surface area contributed by atoms with Crippen molar-refractivity contribution in [2.24, 2.45) is 0 Å². The Morgan fingerprint density at radius 1 is 0.971 bits per heavy atom. The van der Waals surface area contributed by atoms with Crippen LogP contribution in [0.15, 0.2) is 72.1 Å². The minimum atomic E-state index is -4.42. The first-order chi connectivity index (χ1) is 16.7. The molecule has 5 aromatic rings. The van der Waals surface area contributed by atoms with E-state index in [0.29, 0.717) is 22.2 Å². The Hall–Kier alpha value is -4.45. The molecule has 0 unspecified atom stereocenters. The Balaban J connectivity index is 1.56. The molecule has 0 aliphatic carbocycles. The number of carbonyl (C=O) groups excluding carboxylic acids is 1. The molecule has 176 valence electrons. The van der Waals surface area contributed by atoms with Gasteiger partial charge in [-0.2, -0.15) is 5.10 Å². The Morgan fingerprint density at radius 3 is 2.54 bits per heavy atom. The molecule has 0 aliphatic heterocycles. The summed E-state index contributed by atoms with van der Waals surface area (Å²) in [7, 11) is -4.42. The maximum Gasteiger partial charge on any atom is 0.262 e. The monoisotopic (exact) mass is 497 g/mol. The van der Waals surface area contributed by atoms with Crippen LogP contribution in [-0.4, -0.2) is 34.4 Å². The maximum absolute atomic E-state index is 15.3. The van der Waals surface area contributed by atoms with Gasteiger partial charge in [0.25, 0.3) is 10.0 Å². The van der Waals surface area contributed by atoms with Crippen molar-refractivity contribution >= 4 is 32.5 Å². The van der Waals surface area contributed by atoms with Crippen molar-refractivity contribution in [2.75, 3.05) is 4.72 Å². The Morgan fingerprint density at radius 2 is 1.80 bits per heavy atom. The fourth-order valence-corrected chi connectivity index (χ4v) is 4.66. The van der Waals surface area contributed by atoms with Gasteiger partial charge in [-0.1, -0.05) is 6.07 Å². The summed E-state index contributed by atoms with van der Waals surface area (Å²) < 4.78 is 70.5. The molecular weight excluding hydrogens is 483 g/mol. The van der Waals surface area contributed by atoms with Gasteiger partial charge in [0.15, 0.2) is 5.82 Å². The standard InChI is InChI=1S/C23H14F3N5O3S/c24-14-2-1-3-15(7-14)35(33,34)31-19-5-4-18(25)20(21(19)26)22(32)17-11-28-23-16(17)6-12(8-27-23)13-9-29-30-10-13/h1-11,31H,(H,27,28)(H,29,30). The lowest BCUT2D eigenvalue weighted by atomic mass is 10.0. The van der Waals surface area contributed by atoms with Gasteiger partial charge >= 0.3 is 0 Å². The van der Waals surface area contributed by atoms with E-state index < -0.39 is 49.4 Å². The van der Waals surface area contributed by atoms with Gasteiger partial charge in [0.05, 0.1) is 22.3 Å². The van der Waals surface area contributed by atoms with Crippen LogP contribution in [0.1, 0.15) is 15.9 Å². The van der Waals surface area contributed by atoms with Gasteiger partial charge in [0, 0.05) is 40.7 Å². The second kappa shape index (κ2) is 8.40. The molecule has 0 saturated carbocycles. The number of ketones is 1. The SMILES string of the molecule is O=C(c1c(F)ccc(NS(=O)(=O)c2cccc(F)c2)c1F)c1c[nH]c2ncc(-c3cn[nH]c3)cc12. The number of fused-ring (bicyclic) bond motifs is 1. The number of benzene rings is 2. The molecule has 3 aromatic heterocycles. The number of aromatic nitrogens is 4. The molecule has 12 heteroatoms. The van der Waals surface area contributed by atoms with Crippen LogP contribution >= 0.6 is 0 Å². The molecule has 0 atom stereocenters. The second-order valence-corrected chi connectivity index (χ2v) is 9.17. The fraction of sp³-hybridized carbons (Fsp3) is 0. The van der Waals surface area contributed by atoms with Crippen molar-refractivity contribution in [2.45, 2.75) is 4.90 Å². The number of nitrogens with zero attached hydrogens (tertiary/aromatic N) is 2. The number of aromatic amines is 2.